The number of anilines is 1. The first-order valence-corrected chi connectivity index (χ1v) is 9.30. The number of nitrogens with one attached hydrogen (secondary N) is 1. The van der Waals surface area contributed by atoms with E-state index in [-0.39, 0.29) is 5.91 Å². The minimum atomic E-state index is -0.224. The van der Waals surface area contributed by atoms with Crippen LogP contribution >= 0.6 is 11.3 Å². The number of aromatic nitrogens is 4. The zero-order valence-corrected chi connectivity index (χ0v) is 15.7. The average molecular weight is 379 g/mol. The minimum Gasteiger partial charge on any atom is -0.465 e. The number of hydrogen-bond acceptors (Lipinski definition) is 6. The van der Waals surface area contributed by atoms with Gasteiger partial charge in [-0.25, -0.2) is 0 Å². The average Bonchev–Trinajstić information content (AvgIpc) is 3.38. The third-order valence-corrected chi connectivity index (χ3v) is 5.00. The van der Waals surface area contributed by atoms with Gasteiger partial charge in [0.05, 0.1) is 6.26 Å². The van der Waals surface area contributed by atoms with Crippen molar-refractivity contribution in [3.05, 3.63) is 59.8 Å². The molecule has 0 fully saturated rings. The van der Waals surface area contributed by atoms with Crippen LogP contribution in [0.5, 0.6) is 0 Å². The lowest BCUT2D eigenvalue weighted by Crippen LogP contribution is -2.09. The Bertz CT molecular complexity index is 1120. The lowest BCUT2D eigenvalue weighted by molar-refractivity contribution is -0.111. The summed E-state index contributed by atoms with van der Waals surface area (Å²) >= 11 is 1.47. The largest absolute Gasteiger partial charge is 0.465 e. The monoisotopic (exact) mass is 379 g/mol. The zero-order chi connectivity index (χ0) is 18.8. The highest BCUT2D eigenvalue weighted by Crippen LogP contribution is 2.29. The highest BCUT2D eigenvalue weighted by molar-refractivity contribution is 7.19. The molecule has 7 nitrogen and oxygen atoms in total. The van der Waals surface area contributed by atoms with E-state index in [4.69, 9.17) is 4.42 Å². The van der Waals surface area contributed by atoms with Crippen LogP contribution in [0, 0.1) is 6.92 Å². The van der Waals surface area contributed by atoms with Gasteiger partial charge in [0.2, 0.25) is 10.9 Å². The van der Waals surface area contributed by atoms with Crippen LogP contribution in [0.3, 0.4) is 0 Å². The number of aryl methyl sites for hydroxylation is 2. The maximum Gasteiger partial charge on any atom is 0.248 e. The Morgan fingerprint density at radius 3 is 3.00 bits per heavy atom. The van der Waals surface area contributed by atoms with Crippen molar-refractivity contribution in [1.29, 1.82) is 0 Å². The van der Waals surface area contributed by atoms with E-state index >= 15 is 0 Å². The molecule has 0 bridgehead atoms. The molecule has 4 aromatic rings. The van der Waals surface area contributed by atoms with E-state index in [0.717, 1.165) is 39.0 Å². The van der Waals surface area contributed by atoms with Gasteiger partial charge < -0.3 is 9.73 Å². The van der Waals surface area contributed by atoms with Crippen molar-refractivity contribution in [3.8, 4) is 10.6 Å². The predicted octanol–water partition coefficient (Wildman–Crippen LogP) is 3.97. The first-order chi connectivity index (χ1) is 13.1. The second kappa shape index (κ2) is 7.16. The van der Waals surface area contributed by atoms with Crippen LogP contribution in [0.4, 0.5) is 5.69 Å². The van der Waals surface area contributed by atoms with E-state index < -0.39 is 0 Å². The Morgan fingerprint density at radius 1 is 1.33 bits per heavy atom. The van der Waals surface area contributed by atoms with E-state index in [0.29, 0.717) is 5.76 Å². The molecule has 0 saturated carbocycles. The third-order valence-electron chi connectivity index (χ3n) is 4.06. The van der Waals surface area contributed by atoms with E-state index in [1.165, 1.54) is 17.4 Å². The van der Waals surface area contributed by atoms with Crippen molar-refractivity contribution >= 4 is 34.0 Å². The Morgan fingerprint density at radius 2 is 2.22 bits per heavy atom. The van der Waals surface area contributed by atoms with Crippen LogP contribution in [-0.2, 0) is 11.2 Å². The lowest BCUT2D eigenvalue weighted by Gasteiger charge is -2.08. The van der Waals surface area contributed by atoms with Gasteiger partial charge >= 0.3 is 0 Å². The maximum absolute atomic E-state index is 12.2. The second-order valence-corrected chi connectivity index (χ2v) is 6.90. The highest BCUT2D eigenvalue weighted by Gasteiger charge is 2.13. The SMILES string of the molecule is CCc1nnc2sc(-c3ccc(C)c(NC(=O)C=Cc4ccco4)c3)nn12. The van der Waals surface area contributed by atoms with Gasteiger partial charge in [0.1, 0.15) is 10.8 Å². The van der Waals surface area contributed by atoms with Gasteiger partial charge in [-0.2, -0.15) is 9.61 Å². The van der Waals surface area contributed by atoms with Crippen molar-refractivity contribution < 1.29 is 9.21 Å². The molecule has 27 heavy (non-hydrogen) atoms. The van der Waals surface area contributed by atoms with E-state index in [9.17, 15) is 4.79 Å². The number of carbonyl (C=O) groups excluding carboxylic acids is 1. The molecule has 1 aromatic carbocycles. The fourth-order valence-electron chi connectivity index (χ4n) is 2.60. The number of rotatable bonds is 5. The number of benzene rings is 1. The van der Waals surface area contributed by atoms with Gasteiger partial charge in [0, 0.05) is 23.7 Å². The molecule has 0 aliphatic rings. The van der Waals surface area contributed by atoms with E-state index in [1.54, 1.807) is 29.0 Å². The first kappa shape index (κ1) is 17.2. The molecule has 0 unspecified atom stereocenters. The molecule has 136 valence electrons. The lowest BCUT2D eigenvalue weighted by atomic mass is 10.1. The fourth-order valence-corrected chi connectivity index (χ4v) is 3.46. The number of furan rings is 1. The quantitative estimate of drug-likeness (QED) is 0.530. The molecule has 4 rings (SSSR count). The molecule has 3 aromatic heterocycles. The number of amides is 1. The number of nitrogens with zero attached hydrogens (tertiary/aromatic N) is 4. The summed E-state index contributed by atoms with van der Waals surface area (Å²) in [6, 6.07) is 9.43. The maximum atomic E-state index is 12.2. The number of hydrogen-bond donors (Lipinski definition) is 1. The molecule has 0 radical (unpaired) electrons. The Hall–Kier alpha value is -3.26. The third kappa shape index (κ3) is 3.52. The van der Waals surface area contributed by atoms with Crippen molar-refractivity contribution in [3.63, 3.8) is 0 Å². The molecule has 3 heterocycles. The summed E-state index contributed by atoms with van der Waals surface area (Å²) in [5.41, 5.74) is 2.63. The van der Waals surface area contributed by atoms with Gasteiger partial charge in [-0.05, 0) is 36.8 Å². The number of fused-ring (bicyclic) bond motifs is 1. The standard InChI is InChI=1S/C19H17N5O2S/c1-3-16-21-22-19-24(16)23-18(27-19)13-7-6-12(2)15(11-13)20-17(25)9-8-14-5-4-10-26-14/h4-11H,3H2,1-2H3,(H,20,25). The molecule has 1 N–H and O–H groups in total. The normalized spacial score (nSPS) is 11.5. The van der Waals surface area contributed by atoms with Crippen LogP contribution in [0.2, 0.25) is 0 Å². The molecule has 0 atom stereocenters. The molecule has 0 spiro atoms. The van der Waals surface area contributed by atoms with Crippen LogP contribution in [-0.4, -0.2) is 25.7 Å². The summed E-state index contributed by atoms with van der Waals surface area (Å²) in [6.07, 6.45) is 5.41. The summed E-state index contributed by atoms with van der Waals surface area (Å²) in [6.45, 7) is 3.97. The topological polar surface area (TPSA) is 85.3 Å². The Kier molecular flexibility index (Phi) is 4.55. The van der Waals surface area contributed by atoms with Gasteiger partial charge in [0.15, 0.2) is 5.82 Å². The zero-order valence-electron chi connectivity index (χ0n) is 14.8. The smallest absolute Gasteiger partial charge is 0.248 e. The molecule has 0 aliphatic heterocycles. The van der Waals surface area contributed by atoms with Crippen molar-refractivity contribution in [1.82, 2.24) is 19.8 Å². The Balaban J connectivity index is 1.58. The van der Waals surface area contributed by atoms with E-state index in [1.807, 2.05) is 32.0 Å². The number of carbonyl (C=O) groups is 1. The highest BCUT2D eigenvalue weighted by atomic mass is 32.1. The van der Waals surface area contributed by atoms with Crippen LogP contribution in [0.1, 0.15) is 24.1 Å². The van der Waals surface area contributed by atoms with Gasteiger partial charge in [-0.15, -0.1) is 10.2 Å². The molecule has 8 heteroatoms. The predicted molar refractivity (Wildman–Crippen MR) is 105 cm³/mol. The minimum absolute atomic E-state index is 0.224. The van der Waals surface area contributed by atoms with E-state index in [2.05, 4.69) is 20.6 Å². The fraction of sp³-hybridized carbons (Fsp3) is 0.158. The van der Waals surface area contributed by atoms with Crippen LogP contribution in [0.25, 0.3) is 21.6 Å². The second-order valence-electron chi connectivity index (χ2n) is 5.94. The van der Waals surface area contributed by atoms with Crippen molar-refractivity contribution in [2.24, 2.45) is 0 Å². The molecule has 1 amide bonds. The summed E-state index contributed by atoms with van der Waals surface area (Å²) in [5.74, 6) is 1.23. The van der Waals surface area contributed by atoms with Gasteiger partial charge in [-0.3, -0.25) is 4.79 Å². The van der Waals surface area contributed by atoms with Crippen LogP contribution in [0.15, 0.2) is 47.1 Å². The molecular weight excluding hydrogens is 362 g/mol. The Labute approximate surface area is 159 Å². The van der Waals surface area contributed by atoms with Gasteiger partial charge in [-0.1, -0.05) is 30.4 Å². The van der Waals surface area contributed by atoms with Crippen molar-refractivity contribution in [2.75, 3.05) is 5.32 Å². The van der Waals surface area contributed by atoms with Crippen LogP contribution < -0.4 is 5.32 Å². The molecular formula is C19H17N5O2S. The molecule has 0 aliphatic carbocycles. The first-order valence-electron chi connectivity index (χ1n) is 8.48. The summed E-state index contributed by atoms with van der Waals surface area (Å²) < 4.78 is 6.96. The van der Waals surface area contributed by atoms with Crippen molar-refractivity contribution in [2.45, 2.75) is 20.3 Å². The summed E-state index contributed by atoms with van der Waals surface area (Å²) in [5, 5.41) is 16.6. The van der Waals surface area contributed by atoms with Gasteiger partial charge in [0.25, 0.3) is 0 Å². The summed E-state index contributed by atoms with van der Waals surface area (Å²) in [7, 11) is 0. The summed E-state index contributed by atoms with van der Waals surface area (Å²) in [4.78, 5) is 13.0. The molecule has 0 saturated heterocycles.